The fraction of sp³-hybridized carbons (Fsp3) is 0.231. The summed E-state index contributed by atoms with van der Waals surface area (Å²) in [6.45, 7) is 0. The van der Waals surface area contributed by atoms with Crippen LogP contribution in [0.4, 0.5) is 16.2 Å². The summed E-state index contributed by atoms with van der Waals surface area (Å²) in [5, 5.41) is 2.83. The highest BCUT2D eigenvalue weighted by molar-refractivity contribution is 7.99. The Labute approximate surface area is 210 Å². The highest BCUT2D eigenvalue weighted by Crippen LogP contribution is 2.23. The lowest BCUT2D eigenvalue weighted by atomic mass is 10.0. The van der Waals surface area contributed by atoms with E-state index >= 15 is 0 Å². The first-order valence-electron chi connectivity index (χ1n) is 11.0. The molecule has 0 fully saturated rings. The number of nitrogens with one attached hydrogen (secondary N) is 2. The van der Waals surface area contributed by atoms with E-state index in [0.717, 1.165) is 29.1 Å². The average molecular weight is 495 g/mol. The number of carbonyl (C=O) groups is 2. The third-order valence-corrected chi connectivity index (χ3v) is 6.13. The molecule has 3 aromatic carbocycles. The Balaban J connectivity index is 1.68. The Morgan fingerprint density at radius 3 is 2.20 bits per heavy atom. The Kier molecular flexibility index (Phi) is 9.25. The maximum Gasteiger partial charge on any atom is 0.326 e. The van der Waals surface area contributed by atoms with Gasteiger partial charge in [-0.2, -0.15) is 0 Å². The number of carbonyl (C=O) groups excluding carboxylic acids is 2. The molecule has 0 radical (unpaired) electrons. The van der Waals surface area contributed by atoms with Gasteiger partial charge in [0.15, 0.2) is 0 Å². The van der Waals surface area contributed by atoms with Crippen molar-refractivity contribution in [3.63, 3.8) is 0 Å². The van der Waals surface area contributed by atoms with Crippen LogP contribution in [-0.4, -0.2) is 46.3 Å². The summed E-state index contributed by atoms with van der Waals surface area (Å²) in [7, 11) is 6.70. The highest BCUT2D eigenvalue weighted by Gasteiger charge is 2.25. The van der Waals surface area contributed by atoms with Gasteiger partial charge in [-0.3, -0.25) is 9.52 Å². The van der Waals surface area contributed by atoms with E-state index in [2.05, 4.69) is 10.0 Å². The number of nitrogens with zero attached hydrogens (tertiary/aromatic N) is 2. The van der Waals surface area contributed by atoms with E-state index in [1.807, 2.05) is 61.6 Å². The van der Waals surface area contributed by atoms with Crippen LogP contribution in [-0.2, 0) is 11.2 Å². The number of methoxy groups -OCH3 is 2. The Morgan fingerprint density at radius 1 is 0.857 bits per heavy atom. The summed E-state index contributed by atoms with van der Waals surface area (Å²) < 4.78 is 15.0. The molecule has 9 heteroatoms. The summed E-state index contributed by atoms with van der Waals surface area (Å²) in [6, 6.07) is 23.0. The van der Waals surface area contributed by atoms with Crippen molar-refractivity contribution in [1.82, 2.24) is 10.0 Å². The molecule has 1 unspecified atom stereocenters. The van der Waals surface area contributed by atoms with Crippen LogP contribution in [0.25, 0.3) is 0 Å². The molecule has 0 saturated carbocycles. The first kappa shape index (κ1) is 25.8. The zero-order valence-electron chi connectivity index (χ0n) is 20.2. The average Bonchev–Trinajstić information content (AvgIpc) is 2.91. The van der Waals surface area contributed by atoms with Gasteiger partial charge in [0, 0.05) is 32.3 Å². The maximum absolute atomic E-state index is 13.4. The van der Waals surface area contributed by atoms with Crippen molar-refractivity contribution < 1.29 is 19.1 Å². The number of anilines is 2. The SMILES string of the molecule is COc1ccc(N(C)C(=O)C(Cc2ccccc2)NC(=O)NSN(C)c2cccc(OC)c2)cc1. The lowest BCUT2D eigenvalue weighted by molar-refractivity contribution is -0.120. The summed E-state index contributed by atoms with van der Waals surface area (Å²) >= 11 is 1.10. The minimum atomic E-state index is -0.771. The van der Waals surface area contributed by atoms with Gasteiger partial charge < -0.3 is 24.0 Å². The van der Waals surface area contributed by atoms with Crippen LogP contribution < -0.4 is 28.7 Å². The molecule has 184 valence electrons. The molecule has 2 N–H and O–H groups in total. The molecule has 8 nitrogen and oxygen atoms in total. The second-order valence-corrected chi connectivity index (χ2v) is 8.64. The predicted molar refractivity (Wildman–Crippen MR) is 141 cm³/mol. The van der Waals surface area contributed by atoms with Crippen LogP contribution in [0, 0.1) is 0 Å². The predicted octanol–water partition coefficient (Wildman–Crippen LogP) is 4.28. The Bertz CT molecular complexity index is 1110. The molecule has 3 amide bonds. The van der Waals surface area contributed by atoms with Gasteiger partial charge in [0.1, 0.15) is 17.5 Å². The minimum absolute atomic E-state index is 0.236. The molecule has 1 atom stereocenters. The van der Waals surface area contributed by atoms with Crippen LogP contribution >= 0.6 is 12.1 Å². The number of hydrogen-bond donors (Lipinski definition) is 2. The van der Waals surface area contributed by atoms with E-state index in [4.69, 9.17) is 9.47 Å². The number of benzene rings is 3. The number of urea groups is 1. The number of likely N-dealkylation sites (N-methyl/N-ethyl adjacent to an activating group) is 1. The fourth-order valence-electron chi connectivity index (χ4n) is 3.37. The Hall–Kier alpha value is -3.85. The smallest absolute Gasteiger partial charge is 0.326 e. The van der Waals surface area contributed by atoms with Crippen molar-refractivity contribution in [3.8, 4) is 11.5 Å². The van der Waals surface area contributed by atoms with E-state index in [1.165, 1.54) is 4.90 Å². The monoisotopic (exact) mass is 494 g/mol. The van der Waals surface area contributed by atoms with Crippen molar-refractivity contribution in [2.45, 2.75) is 12.5 Å². The van der Waals surface area contributed by atoms with E-state index < -0.39 is 12.1 Å². The van der Waals surface area contributed by atoms with Gasteiger partial charge in [0.2, 0.25) is 5.91 Å². The number of ether oxygens (including phenoxy) is 2. The van der Waals surface area contributed by atoms with Crippen LogP contribution in [0.2, 0.25) is 0 Å². The van der Waals surface area contributed by atoms with Crippen LogP contribution in [0.1, 0.15) is 5.56 Å². The van der Waals surface area contributed by atoms with Crippen molar-refractivity contribution in [2.75, 3.05) is 37.5 Å². The molecule has 3 aromatic rings. The third-order valence-electron chi connectivity index (χ3n) is 5.37. The fourth-order valence-corrected chi connectivity index (χ4v) is 3.87. The van der Waals surface area contributed by atoms with Gasteiger partial charge in [0.25, 0.3) is 0 Å². The van der Waals surface area contributed by atoms with E-state index in [1.54, 1.807) is 49.8 Å². The first-order chi connectivity index (χ1) is 16.9. The molecule has 35 heavy (non-hydrogen) atoms. The molecule has 0 aliphatic carbocycles. The first-order valence-corrected chi connectivity index (χ1v) is 11.8. The molecule has 0 aliphatic heterocycles. The largest absolute Gasteiger partial charge is 0.497 e. The van der Waals surface area contributed by atoms with Gasteiger partial charge >= 0.3 is 6.03 Å². The second-order valence-electron chi connectivity index (χ2n) is 7.70. The zero-order valence-corrected chi connectivity index (χ0v) is 21.0. The molecular formula is C26H30N4O4S. The topological polar surface area (TPSA) is 83.1 Å². The van der Waals surface area contributed by atoms with E-state index in [-0.39, 0.29) is 5.91 Å². The second kappa shape index (κ2) is 12.6. The standard InChI is InChI=1S/C26H30N4O4S/c1-29(20-13-15-22(33-3)16-14-20)25(31)24(17-19-9-6-5-7-10-19)27-26(32)28-35-30(2)21-11-8-12-23(18-21)34-4/h5-16,18,24H,17H2,1-4H3,(H2,27,28,32). The number of rotatable bonds is 10. The molecule has 0 heterocycles. The molecule has 0 aliphatic rings. The molecule has 0 spiro atoms. The van der Waals surface area contributed by atoms with Gasteiger partial charge in [-0.25, -0.2) is 4.79 Å². The molecular weight excluding hydrogens is 464 g/mol. The molecule has 0 saturated heterocycles. The van der Waals surface area contributed by atoms with Gasteiger partial charge in [0.05, 0.1) is 32.0 Å². The summed E-state index contributed by atoms with van der Waals surface area (Å²) in [5.74, 6) is 1.18. The quantitative estimate of drug-likeness (QED) is 0.410. The Morgan fingerprint density at radius 2 is 1.54 bits per heavy atom. The lowest BCUT2D eigenvalue weighted by Crippen LogP contribution is -2.51. The van der Waals surface area contributed by atoms with Crippen LogP contribution in [0.15, 0.2) is 78.9 Å². The number of amides is 3. The van der Waals surface area contributed by atoms with E-state index in [0.29, 0.717) is 17.9 Å². The molecule has 3 rings (SSSR count). The summed E-state index contributed by atoms with van der Waals surface area (Å²) in [4.78, 5) is 27.7. The minimum Gasteiger partial charge on any atom is -0.497 e. The van der Waals surface area contributed by atoms with Crippen molar-refractivity contribution in [1.29, 1.82) is 0 Å². The van der Waals surface area contributed by atoms with Crippen LogP contribution in [0.3, 0.4) is 0 Å². The molecule has 0 aromatic heterocycles. The van der Waals surface area contributed by atoms with Gasteiger partial charge in [-0.15, -0.1) is 0 Å². The van der Waals surface area contributed by atoms with Crippen LogP contribution in [0.5, 0.6) is 11.5 Å². The van der Waals surface area contributed by atoms with Crippen molar-refractivity contribution in [2.24, 2.45) is 0 Å². The lowest BCUT2D eigenvalue weighted by Gasteiger charge is -2.25. The third kappa shape index (κ3) is 7.31. The van der Waals surface area contributed by atoms with Gasteiger partial charge in [-0.1, -0.05) is 36.4 Å². The molecule has 0 bridgehead atoms. The highest BCUT2D eigenvalue weighted by atomic mass is 32.2. The summed E-state index contributed by atoms with van der Waals surface area (Å²) in [6.07, 6.45) is 0.351. The maximum atomic E-state index is 13.4. The normalized spacial score (nSPS) is 11.2. The van der Waals surface area contributed by atoms with Crippen molar-refractivity contribution in [3.05, 3.63) is 84.4 Å². The summed E-state index contributed by atoms with van der Waals surface area (Å²) in [5.41, 5.74) is 2.49. The zero-order chi connectivity index (χ0) is 25.2. The van der Waals surface area contributed by atoms with E-state index in [9.17, 15) is 9.59 Å². The van der Waals surface area contributed by atoms with Gasteiger partial charge in [-0.05, 0) is 42.0 Å². The number of hydrogen-bond acceptors (Lipinski definition) is 6. The van der Waals surface area contributed by atoms with Crippen molar-refractivity contribution >= 4 is 35.4 Å².